The Morgan fingerprint density at radius 2 is 1.14 bits per heavy atom. The number of carbonyl (C=O) groups is 2. The summed E-state index contributed by atoms with van der Waals surface area (Å²) in [6.07, 6.45) is 41.3. The van der Waals surface area contributed by atoms with Gasteiger partial charge in [0.25, 0.3) is 0 Å². The number of hydrogen-bond donors (Lipinski definition) is 3. The summed E-state index contributed by atoms with van der Waals surface area (Å²) in [5.41, 5.74) is 5.33. The van der Waals surface area contributed by atoms with Crippen LogP contribution in [0.2, 0.25) is 0 Å². The highest BCUT2D eigenvalue weighted by Gasteiger charge is 2.27. The molecule has 0 saturated heterocycles. The fraction of sp³-hybridized carbons (Fsp3) is 0.700. The standard InChI is InChI=1S/C40H70NO9P/c1-3-5-7-9-11-13-15-17-18-19-20-21-22-24-26-28-30-32-39(42)50-37(35-48-51(45,46)49-36-38(41)40(43)44)34-47-33-31-29-27-25-23-16-14-12-10-8-6-4-2/h5,7,10-13,17-18,20-21,37-38H,3-4,6,8-9,14-16,19,22-36,41H2,1-2H3,(H,43,44)(H,45,46)/b7-5-,12-10-,13-11-,18-17-,21-20-. The van der Waals surface area contributed by atoms with Gasteiger partial charge < -0.3 is 25.2 Å². The molecule has 51 heavy (non-hydrogen) atoms. The molecule has 0 rings (SSSR count). The van der Waals surface area contributed by atoms with E-state index in [2.05, 4.69) is 79.1 Å². The SMILES string of the molecule is CC/C=C\C/C=C\C/C=C\C/C=C\CCCCCCC(=O)OC(COCCCCCCCC/C=C\CCCC)COP(=O)(O)OCC(N)C(=O)O. The van der Waals surface area contributed by atoms with Gasteiger partial charge in [-0.3, -0.25) is 18.6 Å². The van der Waals surface area contributed by atoms with Gasteiger partial charge in [0, 0.05) is 13.0 Å². The Kier molecular flexibility index (Phi) is 34.4. The minimum absolute atomic E-state index is 0.000383. The topological polar surface area (TPSA) is 155 Å². The number of esters is 1. The summed E-state index contributed by atoms with van der Waals surface area (Å²) in [5, 5.41) is 8.87. The number of phosphoric acid groups is 1. The molecular weight excluding hydrogens is 669 g/mol. The number of rotatable bonds is 36. The zero-order valence-electron chi connectivity index (χ0n) is 31.7. The predicted octanol–water partition coefficient (Wildman–Crippen LogP) is 10.1. The molecule has 0 fully saturated rings. The molecule has 0 radical (unpaired) electrons. The number of allylic oxidation sites excluding steroid dienone is 10. The van der Waals surface area contributed by atoms with Crippen molar-refractivity contribution in [3.05, 3.63) is 60.8 Å². The molecule has 294 valence electrons. The van der Waals surface area contributed by atoms with Crippen molar-refractivity contribution in [3.63, 3.8) is 0 Å². The van der Waals surface area contributed by atoms with Crippen molar-refractivity contribution in [3.8, 4) is 0 Å². The molecule has 0 bridgehead atoms. The second kappa shape index (κ2) is 36.0. The van der Waals surface area contributed by atoms with Crippen molar-refractivity contribution in [1.82, 2.24) is 0 Å². The maximum atomic E-state index is 12.6. The minimum atomic E-state index is -4.62. The molecule has 3 atom stereocenters. The normalized spacial score (nSPS) is 14.7. The molecule has 0 aliphatic heterocycles. The number of aliphatic carboxylic acids is 1. The van der Waals surface area contributed by atoms with Gasteiger partial charge in [0.05, 0.1) is 19.8 Å². The summed E-state index contributed by atoms with van der Waals surface area (Å²) in [6, 6.07) is -1.48. The smallest absolute Gasteiger partial charge is 0.472 e. The van der Waals surface area contributed by atoms with Crippen LogP contribution in [0.15, 0.2) is 60.8 Å². The monoisotopic (exact) mass is 739 g/mol. The van der Waals surface area contributed by atoms with Crippen LogP contribution in [0, 0.1) is 0 Å². The lowest BCUT2D eigenvalue weighted by Gasteiger charge is -2.20. The molecule has 0 aromatic heterocycles. The number of hydrogen-bond acceptors (Lipinski definition) is 8. The first-order valence-corrected chi connectivity index (χ1v) is 20.8. The third kappa shape index (κ3) is 35.8. The van der Waals surface area contributed by atoms with Crippen LogP contribution in [-0.2, 0) is 32.7 Å². The number of nitrogens with two attached hydrogens (primary N) is 1. The fourth-order valence-corrected chi connectivity index (χ4v) is 5.53. The number of unbranched alkanes of at least 4 members (excludes halogenated alkanes) is 12. The van der Waals surface area contributed by atoms with Gasteiger partial charge in [-0.2, -0.15) is 0 Å². The van der Waals surface area contributed by atoms with Crippen molar-refractivity contribution >= 4 is 19.8 Å². The van der Waals surface area contributed by atoms with Gasteiger partial charge >= 0.3 is 19.8 Å². The molecule has 10 nitrogen and oxygen atoms in total. The first-order valence-electron chi connectivity index (χ1n) is 19.3. The maximum absolute atomic E-state index is 12.6. The van der Waals surface area contributed by atoms with Crippen LogP contribution in [-0.4, -0.2) is 60.5 Å². The van der Waals surface area contributed by atoms with Crippen molar-refractivity contribution in [2.75, 3.05) is 26.4 Å². The Bertz CT molecular complexity index is 1040. The number of carboxylic acids is 1. The second-order valence-corrected chi connectivity index (χ2v) is 14.1. The molecule has 0 aliphatic carbocycles. The quantitative estimate of drug-likeness (QED) is 0.0245. The number of ether oxygens (including phenoxy) is 2. The molecule has 4 N–H and O–H groups in total. The molecule has 0 saturated carbocycles. The van der Waals surface area contributed by atoms with Gasteiger partial charge in [-0.05, 0) is 70.6 Å². The Morgan fingerprint density at radius 1 is 0.647 bits per heavy atom. The van der Waals surface area contributed by atoms with Crippen LogP contribution >= 0.6 is 7.82 Å². The van der Waals surface area contributed by atoms with Gasteiger partial charge in [0.2, 0.25) is 0 Å². The summed E-state index contributed by atoms with van der Waals surface area (Å²) >= 11 is 0. The lowest BCUT2D eigenvalue weighted by atomic mass is 10.1. The van der Waals surface area contributed by atoms with E-state index in [-0.39, 0.29) is 13.0 Å². The lowest BCUT2D eigenvalue weighted by Crippen LogP contribution is -2.34. The summed E-state index contributed by atoms with van der Waals surface area (Å²) in [6.45, 7) is 3.66. The third-order valence-corrected chi connectivity index (χ3v) is 8.73. The molecule has 0 amide bonds. The number of carboxylic acid groups (broad SMARTS) is 1. The van der Waals surface area contributed by atoms with E-state index >= 15 is 0 Å². The average Bonchev–Trinajstić information content (AvgIpc) is 3.10. The number of carbonyl (C=O) groups excluding carboxylic acids is 1. The largest absolute Gasteiger partial charge is 0.480 e. The van der Waals surface area contributed by atoms with Gasteiger partial charge in [0.15, 0.2) is 0 Å². The van der Waals surface area contributed by atoms with E-state index in [0.29, 0.717) is 13.0 Å². The van der Waals surface area contributed by atoms with Crippen LogP contribution in [0.4, 0.5) is 0 Å². The number of phosphoric ester groups is 1. The second-order valence-electron chi connectivity index (χ2n) is 12.7. The Labute approximate surface area is 309 Å². The van der Waals surface area contributed by atoms with Crippen molar-refractivity contribution in [2.45, 2.75) is 154 Å². The molecular formula is C40H70NO9P. The summed E-state index contributed by atoms with van der Waals surface area (Å²) in [5.74, 6) is -1.81. The third-order valence-electron chi connectivity index (χ3n) is 7.78. The zero-order valence-corrected chi connectivity index (χ0v) is 32.6. The van der Waals surface area contributed by atoms with Gasteiger partial charge in [-0.25, -0.2) is 4.57 Å². The first-order chi connectivity index (χ1) is 24.7. The van der Waals surface area contributed by atoms with Crippen molar-refractivity contribution in [2.24, 2.45) is 5.73 Å². The molecule has 0 spiro atoms. The van der Waals surface area contributed by atoms with E-state index in [1.54, 1.807) is 0 Å². The van der Waals surface area contributed by atoms with Crippen molar-refractivity contribution in [1.29, 1.82) is 0 Å². The molecule has 0 aliphatic rings. The predicted molar refractivity (Wildman–Crippen MR) is 207 cm³/mol. The van der Waals surface area contributed by atoms with Gasteiger partial charge in [-0.1, -0.05) is 126 Å². The Balaban J connectivity index is 4.37. The molecule has 11 heteroatoms. The Morgan fingerprint density at radius 3 is 1.73 bits per heavy atom. The molecule has 3 unspecified atom stereocenters. The van der Waals surface area contributed by atoms with Crippen molar-refractivity contribution < 1.29 is 42.7 Å². The van der Waals surface area contributed by atoms with E-state index in [4.69, 9.17) is 24.8 Å². The minimum Gasteiger partial charge on any atom is -0.480 e. The van der Waals surface area contributed by atoms with Crippen LogP contribution in [0.25, 0.3) is 0 Å². The Hall–Kier alpha value is -2.33. The maximum Gasteiger partial charge on any atom is 0.472 e. The van der Waals surface area contributed by atoms with Gasteiger partial charge in [-0.15, -0.1) is 0 Å². The highest BCUT2D eigenvalue weighted by molar-refractivity contribution is 7.47. The van der Waals surface area contributed by atoms with Crippen LogP contribution in [0.5, 0.6) is 0 Å². The highest BCUT2D eigenvalue weighted by atomic mass is 31.2. The van der Waals surface area contributed by atoms with E-state index in [0.717, 1.165) is 77.0 Å². The lowest BCUT2D eigenvalue weighted by molar-refractivity contribution is -0.154. The van der Waals surface area contributed by atoms with E-state index < -0.39 is 45.1 Å². The first kappa shape index (κ1) is 48.7. The molecule has 0 heterocycles. The van der Waals surface area contributed by atoms with E-state index in [1.165, 1.54) is 38.5 Å². The van der Waals surface area contributed by atoms with Crippen LogP contribution < -0.4 is 5.73 Å². The summed E-state index contributed by atoms with van der Waals surface area (Å²) in [4.78, 5) is 33.4. The molecule has 0 aromatic carbocycles. The zero-order chi connectivity index (χ0) is 37.7. The van der Waals surface area contributed by atoms with E-state index in [1.807, 2.05) is 0 Å². The summed E-state index contributed by atoms with van der Waals surface area (Å²) < 4.78 is 33.2. The molecule has 0 aromatic rings. The highest BCUT2D eigenvalue weighted by Crippen LogP contribution is 2.43. The van der Waals surface area contributed by atoms with Crippen LogP contribution in [0.1, 0.15) is 142 Å². The summed E-state index contributed by atoms with van der Waals surface area (Å²) in [7, 11) is -4.62. The fourth-order valence-electron chi connectivity index (χ4n) is 4.75. The average molecular weight is 740 g/mol. The van der Waals surface area contributed by atoms with Crippen LogP contribution in [0.3, 0.4) is 0 Å². The van der Waals surface area contributed by atoms with Gasteiger partial charge in [0.1, 0.15) is 12.1 Å². The van der Waals surface area contributed by atoms with E-state index in [9.17, 15) is 19.0 Å².